The van der Waals surface area contributed by atoms with Crippen molar-refractivity contribution in [2.75, 3.05) is 7.11 Å². The number of rotatable bonds is 4. The van der Waals surface area contributed by atoms with E-state index >= 15 is 0 Å². The molecule has 0 saturated heterocycles. The Hall–Kier alpha value is -2.89. The molecule has 2 aromatic rings. The molecule has 0 bridgehead atoms. The van der Waals surface area contributed by atoms with Crippen LogP contribution < -0.4 is 15.6 Å². The summed E-state index contributed by atoms with van der Waals surface area (Å²) in [6.45, 7) is 0.229. The van der Waals surface area contributed by atoms with Crippen molar-refractivity contribution in [1.82, 2.24) is 10.3 Å². The molecule has 1 amide bonds. The van der Waals surface area contributed by atoms with Gasteiger partial charge in [0, 0.05) is 29.8 Å². The molecule has 1 aromatic heterocycles. The number of carbonyl (C=O) groups excluding carboxylic acids is 2. The monoisotopic (exact) mass is 326 g/mol. The zero-order chi connectivity index (χ0) is 17.1. The summed E-state index contributed by atoms with van der Waals surface area (Å²) in [7, 11) is 1.56. The number of Topliss-reactive ketones (excluding diaryl/α,β-unsaturated/α-hetero) is 1. The second-order valence-corrected chi connectivity index (χ2v) is 5.68. The minimum absolute atomic E-state index is 0.0359. The van der Waals surface area contributed by atoms with Crippen LogP contribution in [0.5, 0.6) is 5.75 Å². The van der Waals surface area contributed by atoms with Crippen LogP contribution in [0.25, 0.3) is 0 Å². The topological polar surface area (TPSA) is 88.3 Å². The van der Waals surface area contributed by atoms with Crippen molar-refractivity contribution in [3.63, 3.8) is 0 Å². The lowest BCUT2D eigenvalue weighted by molar-refractivity contribution is 0.0949. The van der Waals surface area contributed by atoms with E-state index in [1.807, 2.05) is 18.2 Å². The number of methoxy groups -OCH3 is 1. The van der Waals surface area contributed by atoms with Gasteiger partial charge in [-0.2, -0.15) is 0 Å². The quantitative estimate of drug-likeness (QED) is 0.897. The summed E-state index contributed by atoms with van der Waals surface area (Å²) in [5.74, 6) is 0.113. The molecule has 124 valence electrons. The van der Waals surface area contributed by atoms with E-state index in [0.29, 0.717) is 29.8 Å². The van der Waals surface area contributed by atoms with Crippen molar-refractivity contribution in [3.8, 4) is 5.75 Å². The molecule has 0 atom stereocenters. The third-order valence-electron chi connectivity index (χ3n) is 4.13. The van der Waals surface area contributed by atoms with Gasteiger partial charge in [-0.3, -0.25) is 14.4 Å². The fraction of sp³-hybridized carbons (Fsp3) is 0.278. The maximum Gasteiger partial charge on any atom is 0.261 e. The number of hydrogen-bond acceptors (Lipinski definition) is 4. The number of pyridine rings is 1. The summed E-state index contributed by atoms with van der Waals surface area (Å²) < 4.78 is 5.23. The Morgan fingerprint density at radius 1 is 1.25 bits per heavy atom. The highest BCUT2D eigenvalue weighted by atomic mass is 16.5. The van der Waals surface area contributed by atoms with Crippen LogP contribution in [0.15, 0.2) is 35.1 Å². The van der Waals surface area contributed by atoms with Crippen LogP contribution in [0.2, 0.25) is 0 Å². The van der Waals surface area contributed by atoms with Gasteiger partial charge in [0.25, 0.3) is 11.5 Å². The number of amides is 1. The SMILES string of the molecule is COc1ccccc1CNC(=O)c1cc2c([nH]c1=O)CCCC2=O. The lowest BCUT2D eigenvalue weighted by Crippen LogP contribution is -2.31. The molecule has 0 aliphatic heterocycles. The van der Waals surface area contributed by atoms with Crippen molar-refractivity contribution in [1.29, 1.82) is 0 Å². The van der Waals surface area contributed by atoms with Crippen molar-refractivity contribution >= 4 is 11.7 Å². The van der Waals surface area contributed by atoms with Gasteiger partial charge in [0.15, 0.2) is 5.78 Å². The van der Waals surface area contributed by atoms with Gasteiger partial charge in [-0.25, -0.2) is 0 Å². The number of nitrogens with one attached hydrogen (secondary N) is 2. The molecule has 2 N–H and O–H groups in total. The van der Waals surface area contributed by atoms with Crippen molar-refractivity contribution in [2.45, 2.75) is 25.8 Å². The first kappa shape index (κ1) is 16.0. The number of ether oxygens (including phenoxy) is 1. The van der Waals surface area contributed by atoms with Gasteiger partial charge < -0.3 is 15.0 Å². The van der Waals surface area contributed by atoms with E-state index in [1.54, 1.807) is 13.2 Å². The average Bonchev–Trinajstić information content (AvgIpc) is 2.59. The molecule has 0 fully saturated rings. The van der Waals surface area contributed by atoms with Gasteiger partial charge in [0.2, 0.25) is 0 Å². The minimum atomic E-state index is -0.511. The molecule has 6 nitrogen and oxygen atoms in total. The Kier molecular flexibility index (Phi) is 4.46. The van der Waals surface area contributed by atoms with E-state index < -0.39 is 11.5 Å². The van der Waals surface area contributed by atoms with E-state index in [9.17, 15) is 14.4 Å². The third-order valence-corrected chi connectivity index (χ3v) is 4.13. The predicted octanol–water partition coefficient (Wildman–Crippen LogP) is 1.83. The Labute approximate surface area is 138 Å². The molecule has 1 aliphatic carbocycles. The maximum absolute atomic E-state index is 12.3. The van der Waals surface area contributed by atoms with Gasteiger partial charge >= 0.3 is 0 Å². The van der Waals surface area contributed by atoms with E-state index in [0.717, 1.165) is 12.0 Å². The minimum Gasteiger partial charge on any atom is -0.496 e. The molecular formula is C18H18N2O4. The lowest BCUT2D eigenvalue weighted by Gasteiger charge is -2.15. The number of benzene rings is 1. The van der Waals surface area contributed by atoms with Crippen molar-refractivity contribution in [2.24, 2.45) is 0 Å². The Balaban J connectivity index is 1.82. The van der Waals surface area contributed by atoms with Crippen molar-refractivity contribution < 1.29 is 14.3 Å². The first-order chi connectivity index (χ1) is 11.6. The first-order valence-corrected chi connectivity index (χ1v) is 7.79. The number of hydrogen-bond donors (Lipinski definition) is 2. The van der Waals surface area contributed by atoms with E-state index in [-0.39, 0.29) is 17.9 Å². The van der Waals surface area contributed by atoms with E-state index in [1.165, 1.54) is 6.07 Å². The summed E-state index contributed by atoms with van der Waals surface area (Å²) in [4.78, 5) is 39.1. The van der Waals surface area contributed by atoms with Crippen LogP contribution in [-0.2, 0) is 13.0 Å². The van der Waals surface area contributed by atoms with Gasteiger partial charge in [-0.05, 0) is 25.0 Å². The standard InChI is InChI=1S/C18H18N2O4/c1-24-16-8-3-2-5-11(16)10-19-17(22)13-9-12-14(20-18(13)23)6-4-7-15(12)21/h2-3,5,8-9H,4,6-7,10H2,1H3,(H,19,22)(H,20,23). The highest BCUT2D eigenvalue weighted by molar-refractivity contribution is 6.01. The number of aromatic amines is 1. The average molecular weight is 326 g/mol. The van der Waals surface area contributed by atoms with E-state index in [4.69, 9.17) is 4.74 Å². The molecule has 1 aromatic carbocycles. The Bertz CT molecular complexity index is 854. The number of fused-ring (bicyclic) bond motifs is 1. The largest absolute Gasteiger partial charge is 0.496 e. The zero-order valence-electron chi connectivity index (χ0n) is 13.3. The molecule has 3 rings (SSSR count). The normalized spacial score (nSPS) is 13.3. The molecule has 6 heteroatoms. The van der Waals surface area contributed by atoms with Crippen LogP contribution >= 0.6 is 0 Å². The van der Waals surface area contributed by atoms with Gasteiger partial charge in [-0.15, -0.1) is 0 Å². The molecule has 1 heterocycles. The first-order valence-electron chi connectivity index (χ1n) is 7.79. The Morgan fingerprint density at radius 3 is 2.83 bits per heavy atom. The zero-order valence-corrected chi connectivity index (χ0v) is 13.3. The van der Waals surface area contributed by atoms with Crippen LogP contribution in [0.3, 0.4) is 0 Å². The van der Waals surface area contributed by atoms with Gasteiger partial charge in [-0.1, -0.05) is 18.2 Å². The summed E-state index contributed by atoms with van der Waals surface area (Å²) in [5.41, 5.74) is 1.36. The fourth-order valence-corrected chi connectivity index (χ4v) is 2.86. The summed E-state index contributed by atoms with van der Waals surface area (Å²) in [6, 6.07) is 8.72. The number of aryl methyl sites for hydroxylation is 1. The fourth-order valence-electron chi connectivity index (χ4n) is 2.86. The van der Waals surface area contributed by atoms with Crippen LogP contribution in [0.1, 0.15) is 44.8 Å². The second kappa shape index (κ2) is 6.70. The highest BCUT2D eigenvalue weighted by Gasteiger charge is 2.22. The summed E-state index contributed by atoms with van der Waals surface area (Å²) >= 11 is 0. The summed E-state index contributed by atoms with van der Waals surface area (Å²) in [5, 5.41) is 2.70. The number of para-hydroxylation sites is 1. The second-order valence-electron chi connectivity index (χ2n) is 5.68. The molecule has 0 unspecified atom stereocenters. The van der Waals surface area contributed by atoms with E-state index in [2.05, 4.69) is 10.3 Å². The highest BCUT2D eigenvalue weighted by Crippen LogP contribution is 2.19. The number of aromatic nitrogens is 1. The van der Waals surface area contributed by atoms with Crippen LogP contribution in [0.4, 0.5) is 0 Å². The smallest absolute Gasteiger partial charge is 0.261 e. The van der Waals surface area contributed by atoms with Gasteiger partial charge in [0.1, 0.15) is 11.3 Å². The predicted molar refractivity (Wildman–Crippen MR) is 88.5 cm³/mol. The molecule has 1 aliphatic rings. The molecule has 24 heavy (non-hydrogen) atoms. The number of H-pyrrole nitrogens is 1. The molecular weight excluding hydrogens is 308 g/mol. The third kappa shape index (κ3) is 3.08. The van der Waals surface area contributed by atoms with Crippen LogP contribution in [-0.4, -0.2) is 23.8 Å². The lowest BCUT2D eigenvalue weighted by atomic mass is 9.93. The Morgan fingerprint density at radius 2 is 2.04 bits per heavy atom. The number of carbonyl (C=O) groups is 2. The maximum atomic E-state index is 12.3. The number of ketones is 1. The molecule has 0 saturated carbocycles. The summed E-state index contributed by atoms with van der Waals surface area (Å²) in [6.07, 6.45) is 1.82. The van der Waals surface area contributed by atoms with Crippen molar-refractivity contribution in [3.05, 3.63) is 63.1 Å². The van der Waals surface area contributed by atoms with Crippen LogP contribution in [0, 0.1) is 0 Å². The molecule has 0 spiro atoms. The molecule has 0 radical (unpaired) electrons. The van der Waals surface area contributed by atoms with Gasteiger partial charge in [0.05, 0.1) is 7.11 Å².